The van der Waals surface area contributed by atoms with E-state index >= 15 is 0 Å². The first-order valence-corrected chi connectivity index (χ1v) is 8.55. The average molecular weight is 357 g/mol. The normalized spacial score (nSPS) is 22.2. The first kappa shape index (κ1) is 16.5. The lowest BCUT2D eigenvalue weighted by molar-refractivity contribution is 0.253. The topological polar surface area (TPSA) is 59.0 Å². The maximum absolute atomic E-state index is 12.2. The number of hydrogen-bond donors (Lipinski definition) is 2. The number of aryl methyl sites for hydroxylation is 1. The maximum atomic E-state index is 12.2. The van der Waals surface area contributed by atoms with Gasteiger partial charge in [0, 0.05) is 19.6 Å². The predicted molar refractivity (Wildman–Crippen MR) is 89.8 cm³/mol. The van der Waals surface area contributed by atoms with Crippen molar-refractivity contribution in [3.8, 4) is 0 Å². The third-order valence-corrected chi connectivity index (χ3v) is 4.87. The zero-order valence-corrected chi connectivity index (χ0v) is 14.5. The second kappa shape index (κ2) is 7.40. The number of anilines is 1. The molecule has 2 rings (SSSR count). The fraction of sp³-hybridized carbons (Fsp3) is 0.733. The van der Waals surface area contributed by atoms with E-state index in [1.165, 1.54) is 17.5 Å². The molecule has 0 spiro atoms. The lowest BCUT2D eigenvalue weighted by Crippen LogP contribution is -2.42. The molecule has 21 heavy (non-hydrogen) atoms. The molecule has 2 heterocycles. The number of aromatic nitrogens is 2. The van der Waals surface area contributed by atoms with Gasteiger partial charge in [0.25, 0.3) is 5.56 Å². The highest BCUT2D eigenvalue weighted by atomic mass is 79.9. The van der Waals surface area contributed by atoms with Crippen LogP contribution in [0.15, 0.2) is 15.5 Å². The molecule has 0 aliphatic carbocycles. The molecule has 1 fully saturated rings. The van der Waals surface area contributed by atoms with Gasteiger partial charge in [-0.15, -0.1) is 0 Å². The molecule has 1 unspecified atom stereocenters. The van der Waals surface area contributed by atoms with Gasteiger partial charge in [-0.1, -0.05) is 20.3 Å². The summed E-state index contributed by atoms with van der Waals surface area (Å²) in [6.45, 7) is 8.02. The summed E-state index contributed by atoms with van der Waals surface area (Å²) in [5.74, 6) is 0. The van der Waals surface area contributed by atoms with Crippen LogP contribution in [-0.4, -0.2) is 29.4 Å². The summed E-state index contributed by atoms with van der Waals surface area (Å²) in [5.41, 5.74) is 0.967. The summed E-state index contributed by atoms with van der Waals surface area (Å²) >= 11 is 3.41. The number of halogens is 1. The molecule has 0 radical (unpaired) electrons. The van der Waals surface area contributed by atoms with Gasteiger partial charge < -0.3 is 10.6 Å². The molecule has 1 saturated heterocycles. The third-order valence-electron chi connectivity index (χ3n) is 4.10. The Labute approximate surface area is 134 Å². The average Bonchev–Trinajstić information content (AvgIpc) is 2.48. The van der Waals surface area contributed by atoms with E-state index < -0.39 is 0 Å². The van der Waals surface area contributed by atoms with Gasteiger partial charge >= 0.3 is 0 Å². The smallest absolute Gasteiger partial charge is 0.283 e. The van der Waals surface area contributed by atoms with Crippen molar-refractivity contribution in [2.45, 2.75) is 46.1 Å². The molecular weight excluding hydrogens is 332 g/mol. The Morgan fingerprint density at radius 2 is 2.38 bits per heavy atom. The Bertz CT molecular complexity index is 523. The van der Waals surface area contributed by atoms with Crippen LogP contribution in [0.5, 0.6) is 0 Å². The fourth-order valence-corrected chi connectivity index (χ4v) is 3.08. The summed E-state index contributed by atoms with van der Waals surface area (Å²) in [7, 11) is 0. The van der Waals surface area contributed by atoms with E-state index in [2.05, 4.69) is 45.5 Å². The van der Waals surface area contributed by atoms with Crippen LogP contribution in [0.25, 0.3) is 0 Å². The molecule has 1 aromatic rings. The van der Waals surface area contributed by atoms with Crippen molar-refractivity contribution in [2.24, 2.45) is 5.41 Å². The monoisotopic (exact) mass is 356 g/mol. The van der Waals surface area contributed by atoms with E-state index in [0.717, 1.165) is 38.2 Å². The molecule has 0 bridgehead atoms. The van der Waals surface area contributed by atoms with Gasteiger partial charge in [0.15, 0.2) is 0 Å². The Kier molecular flexibility index (Phi) is 5.81. The molecule has 0 aromatic carbocycles. The van der Waals surface area contributed by atoms with Crippen LogP contribution < -0.4 is 16.2 Å². The predicted octanol–water partition coefficient (Wildman–Crippen LogP) is 2.61. The van der Waals surface area contributed by atoms with Gasteiger partial charge in [0.1, 0.15) is 4.47 Å². The molecule has 2 N–H and O–H groups in total. The van der Waals surface area contributed by atoms with Gasteiger partial charge in [0.2, 0.25) is 0 Å². The Morgan fingerprint density at radius 1 is 1.57 bits per heavy atom. The Hall–Kier alpha value is -0.880. The molecule has 0 saturated carbocycles. The minimum atomic E-state index is -0.0552. The Morgan fingerprint density at radius 3 is 3.05 bits per heavy atom. The van der Waals surface area contributed by atoms with Crippen LogP contribution in [0.4, 0.5) is 5.69 Å². The summed E-state index contributed by atoms with van der Waals surface area (Å²) < 4.78 is 2.11. The van der Waals surface area contributed by atoms with Crippen molar-refractivity contribution < 1.29 is 0 Å². The third kappa shape index (κ3) is 4.30. The van der Waals surface area contributed by atoms with E-state index in [9.17, 15) is 4.79 Å². The highest BCUT2D eigenvalue weighted by Gasteiger charge is 2.26. The minimum Gasteiger partial charge on any atom is -0.382 e. The number of rotatable bonds is 6. The summed E-state index contributed by atoms with van der Waals surface area (Å²) in [6, 6.07) is 0. The van der Waals surface area contributed by atoms with Crippen molar-refractivity contribution in [3.63, 3.8) is 0 Å². The van der Waals surface area contributed by atoms with Gasteiger partial charge in [-0.2, -0.15) is 5.10 Å². The van der Waals surface area contributed by atoms with E-state index in [1.54, 1.807) is 6.20 Å². The molecule has 1 aliphatic rings. The second-order valence-electron chi connectivity index (χ2n) is 6.20. The molecule has 5 nitrogen and oxygen atoms in total. The van der Waals surface area contributed by atoms with Crippen LogP contribution in [0.2, 0.25) is 0 Å². The lowest BCUT2D eigenvalue weighted by Gasteiger charge is -2.34. The van der Waals surface area contributed by atoms with Gasteiger partial charge in [0.05, 0.1) is 11.9 Å². The molecule has 1 aliphatic heterocycles. The van der Waals surface area contributed by atoms with Gasteiger partial charge in [-0.25, -0.2) is 4.68 Å². The van der Waals surface area contributed by atoms with Crippen molar-refractivity contribution in [2.75, 3.05) is 25.0 Å². The van der Waals surface area contributed by atoms with E-state index in [1.807, 2.05) is 0 Å². The maximum Gasteiger partial charge on any atom is 0.283 e. The SMILES string of the molecule is CCCCn1ncc(NCC2(C)CCCNC2)c(Br)c1=O. The molecule has 118 valence electrons. The van der Waals surface area contributed by atoms with E-state index in [4.69, 9.17) is 0 Å². The zero-order valence-electron chi connectivity index (χ0n) is 12.9. The number of nitrogens with one attached hydrogen (secondary N) is 2. The number of piperidine rings is 1. The number of nitrogens with zero attached hydrogens (tertiary/aromatic N) is 2. The highest BCUT2D eigenvalue weighted by molar-refractivity contribution is 9.10. The standard InChI is InChI=1S/C15H25BrN4O/c1-3-4-8-20-14(21)13(16)12(9-19-20)18-11-15(2)6-5-7-17-10-15/h9,17-18H,3-8,10-11H2,1-2H3. The molecular formula is C15H25BrN4O. The zero-order chi connectivity index (χ0) is 15.3. The van der Waals surface area contributed by atoms with Crippen LogP contribution in [0, 0.1) is 5.41 Å². The first-order chi connectivity index (χ1) is 10.1. The van der Waals surface area contributed by atoms with E-state index in [0.29, 0.717) is 11.0 Å². The minimum absolute atomic E-state index is 0.0552. The van der Waals surface area contributed by atoms with Crippen molar-refractivity contribution in [3.05, 3.63) is 21.0 Å². The first-order valence-electron chi connectivity index (χ1n) is 7.76. The molecule has 0 amide bonds. The van der Waals surface area contributed by atoms with Crippen molar-refractivity contribution in [1.82, 2.24) is 15.1 Å². The van der Waals surface area contributed by atoms with Crippen molar-refractivity contribution >= 4 is 21.6 Å². The molecule has 6 heteroatoms. The number of hydrogen-bond acceptors (Lipinski definition) is 4. The Balaban J connectivity index is 2.03. The fourth-order valence-electron chi connectivity index (χ4n) is 2.63. The highest BCUT2D eigenvalue weighted by Crippen LogP contribution is 2.26. The van der Waals surface area contributed by atoms with Crippen LogP contribution in [0.1, 0.15) is 39.5 Å². The molecule has 1 aromatic heterocycles. The van der Waals surface area contributed by atoms with Gasteiger partial charge in [-0.3, -0.25) is 4.79 Å². The van der Waals surface area contributed by atoms with Crippen LogP contribution >= 0.6 is 15.9 Å². The van der Waals surface area contributed by atoms with Crippen LogP contribution in [0.3, 0.4) is 0 Å². The summed E-state index contributed by atoms with van der Waals surface area (Å²) in [4.78, 5) is 12.2. The summed E-state index contributed by atoms with van der Waals surface area (Å²) in [5, 5.41) is 11.1. The van der Waals surface area contributed by atoms with Gasteiger partial charge in [-0.05, 0) is 47.2 Å². The lowest BCUT2D eigenvalue weighted by atomic mass is 9.83. The number of unbranched alkanes of at least 4 members (excludes halogenated alkanes) is 1. The van der Waals surface area contributed by atoms with Crippen molar-refractivity contribution in [1.29, 1.82) is 0 Å². The van der Waals surface area contributed by atoms with E-state index in [-0.39, 0.29) is 11.0 Å². The summed E-state index contributed by atoms with van der Waals surface area (Å²) in [6.07, 6.45) is 6.18. The largest absolute Gasteiger partial charge is 0.382 e. The second-order valence-corrected chi connectivity index (χ2v) is 6.99. The molecule has 1 atom stereocenters. The quantitative estimate of drug-likeness (QED) is 0.822. The van der Waals surface area contributed by atoms with Crippen LogP contribution in [-0.2, 0) is 6.54 Å².